The van der Waals surface area contributed by atoms with Gasteiger partial charge >= 0.3 is 0 Å². The van der Waals surface area contributed by atoms with Crippen LogP contribution in [0.2, 0.25) is 0 Å². The van der Waals surface area contributed by atoms with Crippen LogP contribution in [0.4, 0.5) is 0 Å². The summed E-state index contributed by atoms with van der Waals surface area (Å²) in [5.74, 6) is 1.84. The fourth-order valence-corrected chi connectivity index (χ4v) is 2.26. The molecular formula is C10H20N2O3S. The Morgan fingerprint density at radius 3 is 3.06 bits per heavy atom. The molecule has 0 aromatic rings. The van der Waals surface area contributed by atoms with Crippen LogP contribution in [0.15, 0.2) is 0 Å². The maximum atomic E-state index is 11.5. The molecule has 6 heteroatoms. The molecule has 0 aromatic heterocycles. The topological polar surface area (TPSA) is 59.6 Å². The molecule has 1 atom stereocenters. The van der Waals surface area contributed by atoms with Gasteiger partial charge in [0.25, 0.3) is 0 Å². The highest BCUT2D eigenvalue weighted by Crippen LogP contribution is 2.08. The van der Waals surface area contributed by atoms with Gasteiger partial charge in [-0.05, 0) is 6.42 Å². The quantitative estimate of drug-likeness (QED) is 0.584. The molecule has 1 fully saturated rings. The molecule has 1 unspecified atom stereocenters. The van der Waals surface area contributed by atoms with Gasteiger partial charge in [-0.15, -0.1) is 11.8 Å². The van der Waals surface area contributed by atoms with Gasteiger partial charge < -0.3 is 14.8 Å². The summed E-state index contributed by atoms with van der Waals surface area (Å²) in [6.07, 6.45) is 0.843. The van der Waals surface area contributed by atoms with Crippen LogP contribution in [0.3, 0.4) is 0 Å². The molecule has 0 spiro atoms. The van der Waals surface area contributed by atoms with E-state index in [-0.39, 0.29) is 11.9 Å². The molecule has 0 radical (unpaired) electrons. The van der Waals surface area contributed by atoms with Gasteiger partial charge in [-0.3, -0.25) is 10.1 Å². The highest BCUT2D eigenvalue weighted by atomic mass is 32.2. The number of ether oxygens (including phenoxy) is 2. The molecule has 5 nitrogen and oxygen atoms in total. The lowest BCUT2D eigenvalue weighted by atomic mass is 10.3. The summed E-state index contributed by atoms with van der Waals surface area (Å²) >= 11 is 1.75. The summed E-state index contributed by atoms with van der Waals surface area (Å²) in [7, 11) is 1.65. The van der Waals surface area contributed by atoms with E-state index in [1.54, 1.807) is 18.9 Å². The fourth-order valence-electron chi connectivity index (χ4n) is 1.32. The van der Waals surface area contributed by atoms with Crippen LogP contribution in [0, 0.1) is 0 Å². The lowest BCUT2D eigenvalue weighted by Gasteiger charge is -2.10. The first kappa shape index (κ1) is 13.8. The number of rotatable bonds is 8. The van der Waals surface area contributed by atoms with Crippen molar-refractivity contribution in [3.63, 3.8) is 0 Å². The molecule has 1 aliphatic heterocycles. The van der Waals surface area contributed by atoms with Crippen molar-refractivity contribution in [1.29, 1.82) is 0 Å². The number of hydrogen-bond acceptors (Lipinski definition) is 5. The molecule has 1 heterocycles. The largest absolute Gasteiger partial charge is 0.382 e. The number of carbonyl (C=O) groups excluding carboxylic acids is 1. The molecule has 1 rings (SSSR count). The molecule has 0 aromatic carbocycles. The van der Waals surface area contributed by atoms with E-state index in [1.807, 2.05) is 0 Å². The molecule has 94 valence electrons. The Bertz CT molecular complexity index is 199. The van der Waals surface area contributed by atoms with Gasteiger partial charge in [-0.1, -0.05) is 0 Å². The fraction of sp³-hybridized carbons (Fsp3) is 0.900. The van der Waals surface area contributed by atoms with E-state index in [9.17, 15) is 4.79 Å². The Balaban J connectivity index is 1.88. The summed E-state index contributed by atoms with van der Waals surface area (Å²) in [4.78, 5) is 11.5. The third kappa shape index (κ3) is 5.69. The molecule has 1 amide bonds. The van der Waals surface area contributed by atoms with Crippen molar-refractivity contribution in [1.82, 2.24) is 10.6 Å². The monoisotopic (exact) mass is 248 g/mol. The standard InChI is InChI=1S/C10H20N2O3S/c1-14-5-6-15-4-2-3-11-10(13)9-7-16-8-12-9/h9,12H,2-8H2,1H3,(H,11,13). The first-order valence-electron chi connectivity index (χ1n) is 5.50. The second-order valence-corrected chi connectivity index (χ2v) is 4.55. The van der Waals surface area contributed by atoms with Crippen molar-refractivity contribution in [2.75, 3.05) is 45.1 Å². The van der Waals surface area contributed by atoms with E-state index in [0.29, 0.717) is 26.4 Å². The minimum atomic E-state index is -0.0144. The van der Waals surface area contributed by atoms with E-state index < -0.39 is 0 Å². The highest BCUT2D eigenvalue weighted by molar-refractivity contribution is 7.99. The van der Waals surface area contributed by atoms with E-state index in [4.69, 9.17) is 9.47 Å². The molecule has 16 heavy (non-hydrogen) atoms. The van der Waals surface area contributed by atoms with Gasteiger partial charge in [-0.2, -0.15) is 0 Å². The van der Waals surface area contributed by atoms with Crippen molar-refractivity contribution in [2.45, 2.75) is 12.5 Å². The van der Waals surface area contributed by atoms with Crippen molar-refractivity contribution in [3.05, 3.63) is 0 Å². The van der Waals surface area contributed by atoms with Crippen LogP contribution in [0.5, 0.6) is 0 Å². The van der Waals surface area contributed by atoms with Gasteiger partial charge in [0.2, 0.25) is 5.91 Å². The van der Waals surface area contributed by atoms with Crippen molar-refractivity contribution in [2.24, 2.45) is 0 Å². The van der Waals surface area contributed by atoms with Crippen molar-refractivity contribution in [3.8, 4) is 0 Å². The van der Waals surface area contributed by atoms with Crippen LogP contribution in [0.25, 0.3) is 0 Å². The molecule has 1 saturated heterocycles. The number of carbonyl (C=O) groups is 1. The van der Waals surface area contributed by atoms with Crippen LogP contribution < -0.4 is 10.6 Å². The zero-order chi connectivity index (χ0) is 11.6. The third-order valence-electron chi connectivity index (χ3n) is 2.23. The summed E-state index contributed by atoms with van der Waals surface area (Å²) in [6.45, 7) is 2.58. The molecule has 0 saturated carbocycles. The molecule has 0 aliphatic carbocycles. The Morgan fingerprint density at radius 2 is 2.38 bits per heavy atom. The number of thioether (sulfide) groups is 1. The average Bonchev–Trinajstić information content (AvgIpc) is 2.81. The number of methoxy groups -OCH3 is 1. The summed E-state index contributed by atoms with van der Waals surface area (Å²) in [6, 6.07) is -0.0144. The summed E-state index contributed by atoms with van der Waals surface area (Å²) in [5.41, 5.74) is 0. The Morgan fingerprint density at radius 1 is 1.50 bits per heavy atom. The minimum absolute atomic E-state index is 0.0144. The average molecular weight is 248 g/mol. The molecule has 0 bridgehead atoms. The van der Waals surface area contributed by atoms with Crippen LogP contribution >= 0.6 is 11.8 Å². The Kier molecular flexibility index (Phi) is 7.58. The van der Waals surface area contributed by atoms with Gasteiger partial charge in [0.1, 0.15) is 0 Å². The summed E-state index contributed by atoms with van der Waals surface area (Å²) in [5, 5.41) is 6.02. The van der Waals surface area contributed by atoms with Gasteiger partial charge in [0, 0.05) is 31.9 Å². The molecule has 1 aliphatic rings. The third-order valence-corrected chi connectivity index (χ3v) is 3.17. The van der Waals surface area contributed by atoms with Crippen molar-refractivity contribution < 1.29 is 14.3 Å². The zero-order valence-electron chi connectivity index (χ0n) is 9.66. The Hall–Kier alpha value is -0.300. The zero-order valence-corrected chi connectivity index (χ0v) is 10.5. The smallest absolute Gasteiger partial charge is 0.238 e. The van der Waals surface area contributed by atoms with E-state index in [2.05, 4.69) is 10.6 Å². The normalized spacial score (nSPS) is 19.9. The highest BCUT2D eigenvalue weighted by Gasteiger charge is 2.21. The summed E-state index contributed by atoms with van der Waals surface area (Å²) < 4.78 is 10.1. The van der Waals surface area contributed by atoms with Crippen LogP contribution in [0.1, 0.15) is 6.42 Å². The van der Waals surface area contributed by atoms with E-state index in [0.717, 1.165) is 18.1 Å². The predicted molar refractivity (Wildman–Crippen MR) is 64.6 cm³/mol. The van der Waals surface area contributed by atoms with Gasteiger partial charge in [0.05, 0.1) is 19.3 Å². The lowest BCUT2D eigenvalue weighted by Crippen LogP contribution is -2.42. The first-order valence-corrected chi connectivity index (χ1v) is 6.65. The molecule has 2 N–H and O–H groups in total. The lowest BCUT2D eigenvalue weighted by molar-refractivity contribution is -0.122. The first-order chi connectivity index (χ1) is 7.84. The number of amides is 1. The molecular weight excluding hydrogens is 228 g/mol. The minimum Gasteiger partial charge on any atom is -0.382 e. The number of nitrogens with one attached hydrogen (secondary N) is 2. The van der Waals surface area contributed by atoms with Crippen LogP contribution in [-0.2, 0) is 14.3 Å². The van der Waals surface area contributed by atoms with E-state index in [1.165, 1.54) is 0 Å². The second kappa shape index (κ2) is 8.81. The predicted octanol–water partition coefficient (Wildman–Crippen LogP) is -0.182. The van der Waals surface area contributed by atoms with E-state index >= 15 is 0 Å². The maximum Gasteiger partial charge on any atom is 0.238 e. The number of hydrogen-bond donors (Lipinski definition) is 2. The van der Waals surface area contributed by atoms with Crippen LogP contribution in [-0.4, -0.2) is 57.1 Å². The second-order valence-electron chi connectivity index (χ2n) is 3.52. The maximum absolute atomic E-state index is 11.5. The Labute approximate surface area is 101 Å². The van der Waals surface area contributed by atoms with Crippen molar-refractivity contribution >= 4 is 17.7 Å². The van der Waals surface area contributed by atoms with Gasteiger partial charge in [0.15, 0.2) is 0 Å². The van der Waals surface area contributed by atoms with Gasteiger partial charge in [-0.25, -0.2) is 0 Å². The SMILES string of the molecule is COCCOCCCNC(=O)C1CSCN1.